The number of rotatable bonds is 3. The van der Waals surface area contributed by atoms with Gasteiger partial charge in [0.25, 0.3) is 0 Å². The van der Waals surface area contributed by atoms with Crippen LogP contribution in [0.4, 0.5) is 18.9 Å². The summed E-state index contributed by atoms with van der Waals surface area (Å²) in [6, 6.07) is 2.14. The van der Waals surface area contributed by atoms with Gasteiger partial charge in [-0.15, -0.1) is 0 Å². The fraction of sp³-hybridized carbons (Fsp3) is 0.600. The molecule has 3 rings (SSSR count). The summed E-state index contributed by atoms with van der Waals surface area (Å²) < 4.78 is 40.2. The molecule has 0 spiro atoms. The summed E-state index contributed by atoms with van der Waals surface area (Å²) in [4.78, 5) is 0. The maximum absolute atomic E-state index is 13.7. The average molecular weight is 284 g/mol. The molecule has 3 unspecified atom stereocenters. The minimum absolute atomic E-state index is 0.0580. The molecule has 110 valence electrons. The van der Waals surface area contributed by atoms with Gasteiger partial charge in [-0.25, -0.2) is 13.2 Å². The largest absolute Gasteiger partial charge is 0.379 e. The van der Waals surface area contributed by atoms with Gasteiger partial charge in [0.2, 0.25) is 0 Å². The zero-order chi connectivity index (χ0) is 14.1. The Hall–Kier alpha value is -1.23. The van der Waals surface area contributed by atoms with Gasteiger partial charge < -0.3 is 10.6 Å². The zero-order valence-corrected chi connectivity index (χ0v) is 11.3. The smallest absolute Gasteiger partial charge is 0.182 e. The van der Waals surface area contributed by atoms with E-state index in [1.54, 1.807) is 0 Å². The Morgan fingerprint density at radius 2 is 1.90 bits per heavy atom. The maximum Gasteiger partial charge on any atom is 0.182 e. The van der Waals surface area contributed by atoms with Crippen molar-refractivity contribution in [3.05, 3.63) is 29.6 Å². The highest BCUT2D eigenvalue weighted by Crippen LogP contribution is 2.34. The van der Waals surface area contributed by atoms with Crippen molar-refractivity contribution < 1.29 is 13.2 Å². The molecule has 2 fully saturated rings. The van der Waals surface area contributed by atoms with E-state index in [4.69, 9.17) is 0 Å². The Kier molecular flexibility index (Phi) is 3.87. The minimum Gasteiger partial charge on any atom is -0.379 e. The molecule has 1 heterocycles. The Bertz CT molecular complexity index is 486. The van der Waals surface area contributed by atoms with Crippen molar-refractivity contribution in [3.63, 3.8) is 0 Å². The van der Waals surface area contributed by atoms with E-state index in [-0.39, 0.29) is 11.7 Å². The molecule has 1 saturated carbocycles. The predicted molar refractivity (Wildman–Crippen MR) is 72.1 cm³/mol. The van der Waals surface area contributed by atoms with Crippen LogP contribution in [0.3, 0.4) is 0 Å². The first-order valence-electron chi connectivity index (χ1n) is 7.29. The molecule has 0 radical (unpaired) electrons. The van der Waals surface area contributed by atoms with Crippen LogP contribution in [0.1, 0.15) is 32.1 Å². The lowest BCUT2D eigenvalue weighted by molar-refractivity contribution is 0.374. The second kappa shape index (κ2) is 5.64. The average Bonchev–Trinajstić information content (AvgIpc) is 3.05. The highest BCUT2D eigenvalue weighted by atomic mass is 19.2. The van der Waals surface area contributed by atoms with Gasteiger partial charge in [0, 0.05) is 24.2 Å². The Labute approximate surface area is 116 Å². The molecule has 20 heavy (non-hydrogen) atoms. The number of halogens is 3. The van der Waals surface area contributed by atoms with E-state index in [1.807, 2.05) is 0 Å². The van der Waals surface area contributed by atoms with E-state index in [2.05, 4.69) is 10.6 Å². The lowest BCUT2D eigenvalue weighted by Crippen LogP contribution is -2.38. The molecule has 1 aliphatic carbocycles. The Morgan fingerprint density at radius 3 is 2.65 bits per heavy atom. The van der Waals surface area contributed by atoms with Crippen molar-refractivity contribution in [2.45, 2.75) is 44.2 Å². The van der Waals surface area contributed by atoms with Crippen LogP contribution >= 0.6 is 0 Å². The quantitative estimate of drug-likeness (QED) is 0.831. The Balaban J connectivity index is 1.76. The number of benzene rings is 1. The van der Waals surface area contributed by atoms with Crippen molar-refractivity contribution in [2.75, 3.05) is 11.9 Å². The van der Waals surface area contributed by atoms with Crippen molar-refractivity contribution in [1.29, 1.82) is 0 Å². The van der Waals surface area contributed by atoms with E-state index >= 15 is 0 Å². The van der Waals surface area contributed by atoms with E-state index in [0.29, 0.717) is 18.0 Å². The van der Waals surface area contributed by atoms with Gasteiger partial charge in [0.05, 0.1) is 5.69 Å². The van der Waals surface area contributed by atoms with Crippen molar-refractivity contribution in [3.8, 4) is 0 Å². The highest BCUT2D eigenvalue weighted by Gasteiger charge is 2.35. The van der Waals surface area contributed by atoms with Crippen LogP contribution < -0.4 is 10.6 Å². The zero-order valence-electron chi connectivity index (χ0n) is 11.3. The van der Waals surface area contributed by atoms with Gasteiger partial charge >= 0.3 is 0 Å². The van der Waals surface area contributed by atoms with Crippen LogP contribution in [0.5, 0.6) is 0 Å². The third-order valence-corrected chi connectivity index (χ3v) is 4.52. The SMILES string of the molecule is Fc1cc(F)c(F)c(NC2CCCC2C2CCCN2)c1. The third-order valence-electron chi connectivity index (χ3n) is 4.52. The summed E-state index contributed by atoms with van der Waals surface area (Å²) in [5.74, 6) is -2.47. The lowest BCUT2D eigenvalue weighted by Gasteiger charge is -2.27. The summed E-state index contributed by atoms with van der Waals surface area (Å²) in [5.41, 5.74) is -0.0580. The number of anilines is 1. The number of nitrogens with one attached hydrogen (secondary N) is 2. The van der Waals surface area contributed by atoms with Crippen molar-refractivity contribution >= 4 is 5.69 Å². The normalized spacial score (nSPS) is 29.9. The first-order valence-corrected chi connectivity index (χ1v) is 7.29. The molecular formula is C15H19F3N2. The third kappa shape index (κ3) is 2.64. The van der Waals surface area contributed by atoms with Crippen LogP contribution in [-0.2, 0) is 0 Å². The lowest BCUT2D eigenvalue weighted by atomic mass is 9.93. The van der Waals surface area contributed by atoms with Gasteiger partial charge in [-0.3, -0.25) is 0 Å². The van der Waals surface area contributed by atoms with Gasteiger partial charge in [-0.2, -0.15) is 0 Å². The van der Waals surface area contributed by atoms with Crippen LogP contribution in [0.2, 0.25) is 0 Å². The van der Waals surface area contributed by atoms with Crippen molar-refractivity contribution in [1.82, 2.24) is 5.32 Å². The molecule has 1 aromatic carbocycles. The molecule has 0 aromatic heterocycles. The molecule has 2 aliphatic rings. The number of hydrogen-bond acceptors (Lipinski definition) is 2. The monoisotopic (exact) mass is 284 g/mol. The topological polar surface area (TPSA) is 24.1 Å². The van der Waals surface area contributed by atoms with Crippen LogP contribution in [0, 0.1) is 23.4 Å². The van der Waals surface area contributed by atoms with Crippen molar-refractivity contribution in [2.24, 2.45) is 5.92 Å². The predicted octanol–water partition coefficient (Wildman–Crippen LogP) is 3.44. The molecule has 1 aromatic rings. The van der Waals surface area contributed by atoms with Crippen LogP contribution in [0.25, 0.3) is 0 Å². The fourth-order valence-electron chi connectivity index (χ4n) is 3.59. The summed E-state index contributed by atoms with van der Waals surface area (Å²) in [5, 5.41) is 6.49. The summed E-state index contributed by atoms with van der Waals surface area (Å²) >= 11 is 0. The van der Waals surface area contributed by atoms with Crippen LogP contribution in [0.15, 0.2) is 12.1 Å². The first-order chi connectivity index (χ1) is 9.65. The van der Waals surface area contributed by atoms with Gasteiger partial charge in [-0.1, -0.05) is 6.42 Å². The van der Waals surface area contributed by atoms with E-state index in [9.17, 15) is 13.2 Å². The fourth-order valence-corrected chi connectivity index (χ4v) is 3.59. The van der Waals surface area contributed by atoms with E-state index < -0.39 is 17.5 Å². The van der Waals surface area contributed by atoms with Gasteiger partial charge in [0.15, 0.2) is 11.6 Å². The molecule has 3 atom stereocenters. The second-order valence-electron chi connectivity index (χ2n) is 5.80. The van der Waals surface area contributed by atoms with Gasteiger partial charge in [0.1, 0.15) is 5.82 Å². The standard InChI is InChI=1S/C15H19F3N2/c16-9-7-11(17)15(18)14(8-9)20-13-4-1-3-10(13)12-5-2-6-19-12/h7-8,10,12-13,19-20H,1-6H2. The first kappa shape index (κ1) is 13.7. The number of hydrogen-bond donors (Lipinski definition) is 2. The van der Waals surface area contributed by atoms with Gasteiger partial charge in [-0.05, 0) is 38.1 Å². The summed E-state index contributed by atoms with van der Waals surface area (Å²) in [6.45, 7) is 1.02. The molecular weight excluding hydrogens is 265 g/mol. The molecule has 2 nitrogen and oxygen atoms in total. The molecule has 1 aliphatic heterocycles. The molecule has 2 N–H and O–H groups in total. The van der Waals surface area contributed by atoms with E-state index in [1.165, 1.54) is 0 Å². The molecule has 5 heteroatoms. The summed E-state index contributed by atoms with van der Waals surface area (Å²) in [7, 11) is 0. The summed E-state index contributed by atoms with van der Waals surface area (Å²) in [6.07, 6.45) is 5.36. The molecule has 1 saturated heterocycles. The molecule has 0 amide bonds. The minimum atomic E-state index is -1.14. The maximum atomic E-state index is 13.7. The molecule has 0 bridgehead atoms. The second-order valence-corrected chi connectivity index (χ2v) is 5.80. The van der Waals surface area contributed by atoms with E-state index in [0.717, 1.165) is 44.7 Å². The Morgan fingerprint density at radius 1 is 1.05 bits per heavy atom. The van der Waals surface area contributed by atoms with Crippen LogP contribution in [-0.4, -0.2) is 18.6 Å². The highest BCUT2D eigenvalue weighted by molar-refractivity contribution is 5.46.